The van der Waals surface area contributed by atoms with E-state index >= 15 is 0 Å². The van der Waals surface area contributed by atoms with Crippen molar-refractivity contribution in [2.75, 3.05) is 0 Å². The largest absolute Gasteiger partial charge is 0.461 e. The quantitative estimate of drug-likeness (QED) is 0.441. The molecule has 3 N–H and O–H groups in total. The number of halogens is 1. The molecule has 0 radical (unpaired) electrons. The van der Waals surface area contributed by atoms with Crippen LogP contribution in [-0.4, -0.2) is 22.1 Å². The van der Waals surface area contributed by atoms with E-state index < -0.39 is 22.9 Å². The number of rotatable bonds is 7. The molecule has 0 fully saturated rings. The Kier molecular flexibility index (Phi) is 6.77. The van der Waals surface area contributed by atoms with Crippen molar-refractivity contribution < 1.29 is 14.6 Å². The fourth-order valence-electron chi connectivity index (χ4n) is 2.27. The number of esters is 1. The number of alkyl halides is 1. The number of carbonyl (C=O) groups excluding carboxylic acids is 1. The Balaban J connectivity index is 2.05. The van der Waals surface area contributed by atoms with Crippen molar-refractivity contribution >= 4 is 21.9 Å². The maximum absolute atomic E-state index is 12.4. The molecule has 0 amide bonds. The zero-order valence-corrected chi connectivity index (χ0v) is 14.2. The molecule has 2 rings (SSSR count). The van der Waals surface area contributed by atoms with Crippen molar-refractivity contribution in [2.45, 2.75) is 24.1 Å². The summed E-state index contributed by atoms with van der Waals surface area (Å²) in [6.07, 6.45) is -0.659. The highest BCUT2D eigenvalue weighted by Gasteiger charge is 2.31. The third-order valence-electron chi connectivity index (χ3n) is 3.56. The summed E-state index contributed by atoms with van der Waals surface area (Å²) < 4.78 is 5.36. The molecule has 0 heterocycles. The molecule has 0 saturated carbocycles. The number of nitrogens with two attached hydrogens (primary N) is 1. The monoisotopic (exact) mass is 377 g/mol. The van der Waals surface area contributed by atoms with Crippen molar-refractivity contribution in [1.29, 1.82) is 0 Å². The number of benzene rings is 2. The molecule has 4 nitrogen and oxygen atoms in total. The maximum Gasteiger partial charge on any atom is 0.312 e. The Morgan fingerprint density at radius 2 is 1.57 bits per heavy atom. The smallest absolute Gasteiger partial charge is 0.312 e. The summed E-state index contributed by atoms with van der Waals surface area (Å²) in [6.45, 7) is 0.176. The topological polar surface area (TPSA) is 72.5 Å². The van der Waals surface area contributed by atoms with Crippen LogP contribution in [0.1, 0.15) is 11.1 Å². The summed E-state index contributed by atoms with van der Waals surface area (Å²) >= 11 is 3.14. The summed E-state index contributed by atoms with van der Waals surface area (Å²) in [5.74, 6) is -1.18. The summed E-state index contributed by atoms with van der Waals surface area (Å²) in [7, 11) is 0. The minimum atomic E-state index is -1.03. The van der Waals surface area contributed by atoms with Gasteiger partial charge in [-0.3, -0.25) is 4.79 Å². The summed E-state index contributed by atoms with van der Waals surface area (Å²) in [5.41, 5.74) is 7.54. The third kappa shape index (κ3) is 5.46. The van der Waals surface area contributed by atoms with E-state index in [2.05, 4.69) is 15.9 Å². The Bertz CT molecular complexity index is 604. The highest BCUT2D eigenvalue weighted by Crippen LogP contribution is 2.19. The molecule has 0 aliphatic heterocycles. The summed E-state index contributed by atoms with van der Waals surface area (Å²) in [6, 6.07) is 18.9. The van der Waals surface area contributed by atoms with Crippen LogP contribution in [0, 0.1) is 5.92 Å². The van der Waals surface area contributed by atoms with Crippen LogP contribution in [0.3, 0.4) is 0 Å². The van der Waals surface area contributed by atoms with Gasteiger partial charge in [-0.1, -0.05) is 76.6 Å². The Morgan fingerprint density at radius 1 is 1.04 bits per heavy atom. The lowest BCUT2D eigenvalue weighted by Crippen LogP contribution is -2.41. The van der Waals surface area contributed by atoms with Gasteiger partial charge >= 0.3 is 5.97 Å². The zero-order valence-electron chi connectivity index (χ0n) is 12.6. The zero-order chi connectivity index (χ0) is 16.7. The van der Waals surface area contributed by atoms with Crippen molar-refractivity contribution in [1.82, 2.24) is 0 Å². The molecule has 0 aliphatic carbocycles. The van der Waals surface area contributed by atoms with Gasteiger partial charge in [0.2, 0.25) is 0 Å². The van der Waals surface area contributed by atoms with Crippen molar-refractivity contribution in [3.63, 3.8) is 0 Å². The van der Waals surface area contributed by atoms with Crippen LogP contribution in [0.15, 0.2) is 60.7 Å². The number of hydrogen-bond acceptors (Lipinski definition) is 4. The molecule has 3 atom stereocenters. The Labute approximate surface area is 144 Å². The van der Waals surface area contributed by atoms with Gasteiger partial charge in [-0.05, 0) is 17.5 Å². The molecule has 0 spiro atoms. The van der Waals surface area contributed by atoms with Crippen LogP contribution < -0.4 is 5.73 Å². The van der Waals surface area contributed by atoms with Gasteiger partial charge in [0, 0.05) is 0 Å². The molecule has 3 unspecified atom stereocenters. The molecule has 122 valence electrons. The predicted octanol–water partition coefficient (Wildman–Crippen LogP) is 2.63. The minimum Gasteiger partial charge on any atom is -0.461 e. The fraction of sp³-hybridized carbons (Fsp3) is 0.278. The van der Waals surface area contributed by atoms with E-state index in [1.54, 1.807) is 0 Å². The molecule has 0 aliphatic rings. The molecule has 23 heavy (non-hydrogen) atoms. The van der Waals surface area contributed by atoms with E-state index in [1.807, 2.05) is 60.7 Å². The molecular formula is C18H20BrNO3. The molecule has 5 heteroatoms. The highest BCUT2D eigenvalue weighted by atomic mass is 79.9. The first kappa shape index (κ1) is 17.7. The fourth-order valence-corrected chi connectivity index (χ4v) is 2.64. The van der Waals surface area contributed by atoms with Crippen LogP contribution in [0.4, 0.5) is 0 Å². The van der Waals surface area contributed by atoms with E-state index in [0.717, 1.165) is 11.1 Å². The van der Waals surface area contributed by atoms with Gasteiger partial charge in [-0.25, -0.2) is 0 Å². The Morgan fingerprint density at radius 3 is 2.09 bits per heavy atom. The second-order valence-corrected chi connectivity index (χ2v) is 6.38. The first-order chi connectivity index (χ1) is 11.1. The number of hydrogen-bond donors (Lipinski definition) is 2. The third-order valence-corrected chi connectivity index (χ3v) is 4.11. The van der Waals surface area contributed by atoms with Crippen molar-refractivity contribution in [3.8, 4) is 0 Å². The van der Waals surface area contributed by atoms with Crippen molar-refractivity contribution in [2.24, 2.45) is 11.7 Å². The summed E-state index contributed by atoms with van der Waals surface area (Å²) in [5, 5.41) is 10.2. The first-order valence-corrected chi connectivity index (χ1v) is 8.31. The van der Waals surface area contributed by atoms with Gasteiger partial charge < -0.3 is 15.6 Å². The van der Waals surface area contributed by atoms with Crippen LogP contribution in [0.5, 0.6) is 0 Å². The van der Waals surface area contributed by atoms with Crippen LogP contribution >= 0.6 is 15.9 Å². The molecule has 0 saturated heterocycles. The van der Waals surface area contributed by atoms with E-state index in [4.69, 9.17) is 10.5 Å². The number of aliphatic hydroxyl groups excluding tert-OH is 1. The second kappa shape index (κ2) is 8.82. The average molecular weight is 378 g/mol. The lowest BCUT2D eigenvalue weighted by molar-refractivity contribution is -0.153. The van der Waals surface area contributed by atoms with Crippen molar-refractivity contribution in [3.05, 3.63) is 71.8 Å². The first-order valence-electron chi connectivity index (χ1n) is 7.40. The van der Waals surface area contributed by atoms with E-state index in [9.17, 15) is 9.90 Å². The van der Waals surface area contributed by atoms with Crippen LogP contribution in [-0.2, 0) is 22.6 Å². The SMILES string of the molecule is NC(Br)C(O)C(Cc1ccccc1)C(=O)OCc1ccccc1. The maximum atomic E-state index is 12.4. The molecule has 0 aromatic heterocycles. The standard InChI is InChI=1S/C18H20BrNO3/c19-17(20)16(21)15(11-13-7-3-1-4-8-13)18(22)23-12-14-9-5-2-6-10-14/h1-10,15-17,21H,11-12,20H2. The van der Waals surface area contributed by atoms with E-state index in [-0.39, 0.29) is 6.61 Å². The molecular weight excluding hydrogens is 358 g/mol. The molecule has 2 aromatic carbocycles. The highest BCUT2D eigenvalue weighted by molar-refractivity contribution is 9.09. The van der Waals surface area contributed by atoms with Gasteiger partial charge in [0.05, 0.1) is 17.0 Å². The molecule has 0 bridgehead atoms. The minimum absolute atomic E-state index is 0.176. The van der Waals surface area contributed by atoms with Gasteiger partial charge in [0.25, 0.3) is 0 Å². The van der Waals surface area contributed by atoms with Gasteiger partial charge in [0.15, 0.2) is 0 Å². The second-order valence-electron chi connectivity index (χ2n) is 5.32. The Hall–Kier alpha value is -1.69. The van der Waals surface area contributed by atoms with Gasteiger partial charge in [-0.2, -0.15) is 0 Å². The van der Waals surface area contributed by atoms with Crippen LogP contribution in [0.25, 0.3) is 0 Å². The lowest BCUT2D eigenvalue weighted by atomic mass is 9.94. The molecule has 2 aromatic rings. The average Bonchev–Trinajstić information content (AvgIpc) is 2.58. The summed E-state index contributed by atoms with van der Waals surface area (Å²) in [4.78, 5) is 11.7. The normalized spacial score (nSPS) is 14.7. The van der Waals surface area contributed by atoms with E-state index in [0.29, 0.717) is 6.42 Å². The number of aliphatic hydroxyl groups is 1. The van der Waals surface area contributed by atoms with E-state index in [1.165, 1.54) is 0 Å². The van der Waals surface area contributed by atoms with Gasteiger partial charge in [0.1, 0.15) is 6.61 Å². The number of carbonyl (C=O) groups is 1. The lowest BCUT2D eigenvalue weighted by Gasteiger charge is -2.23. The van der Waals surface area contributed by atoms with Gasteiger partial charge in [-0.15, -0.1) is 0 Å². The predicted molar refractivity (Wildman–Crippen MR) is 92.8 cm³/mol. The number of ether oxygens (including phenoxy) is 1. The van der Waals surface area contributed by atoms with Crippen LogP contribution in [0.2, 0.25) is 0 Å².